The quantitative estimate of drug-likeness (QED) is 0.610. The third kappa shape index (κ3) is 2.74. The molecule has 0 aromatic heterocycles. The molecule has 0 spiro atoms. The van der Waals surface area contributed by atoms with Crippen molar-refractivity contribution in [2.75, 3.05) is 0 Å². The highest BCUT2D eigenvalue weighted by atomic mass is 14.1. The van der Waals surface area contributed by atoms with Crippen LogP contribution in [-0.2, 0) is 0 Å². The maximum Gasteiger partial charge on any atom is 0.0205 e. The van der Waals surface area contributed by atoms with Gasteiger partial charge in [-0.25, -0.2) is 0 Å². The van der Waals surface area contributed by atoms with Gasteiger partial charge in [-0.1, -0.05) is 84.9 Å². The SMILES string of the molecule is [CH](c1ccccc1)c1ccccc1-c1ccccc1. The second-order valence-electron chi connectivity index (χ2n) is 4.51. The van der Waals surface area contributed by atoms with Crippen LogP contribution in [0.5, 0.6) is 0 Å². The van der Waals surface area contributed by atoms with Crippen molar-refractivity contribution in [3.63, 3.8) is 0 Å². The van der Waals surface area contributed by atoms with Crippen molar-refractivity contribution < 1.29 is 0 Å². The van der Waals surface area contributed by atoms with Crippen LogP contribution in [0.1, 0.15) is 11.1 Å². The molecule has 0 amide bonds. The lowest BCUT2D eigenvalue weighted by Crippen LogP contribution is -1.89. The van der Waals surface area contributed by atoms with Gasteiger partial charge in [-0.2, -0.15) is 0 Å². The maximum atomic E-state index is 2.22. The third-order valence-electron chi connectivity index (χ3n) is 3.17. The average molecular weight is 243 g/mol. The Labute approximate surface area is 114 Å². The van der Waals surface area contributed by atoms with E-state index in [9.17, 15) is 0 Å². The van der Waals surface area contributed by atoms with Crippen molar-refractivity contribution in [3.05, 3.63) is 102 Å². The van der Waals surface area contributed by atoms with E-state index in [4.69, 9.17) is 0 Å². The number of rotatable bonds is 3. The van der Waals surface area contributed by atoms with Gasteiger partial charge < -0.3 is 0 Å². The van der Waals surface area contributed by atoms with Crippen LogP contribution in [0.2, 0.25) is 0 Å². The van der Waals surface area contributed by atoms with E-state index in [0.717, 1.165) is 0 Å². The van der Waals surface area contributed by atoms with E-state index >= 15 is 0 Å². The molecule has 0 fully saturated rings. The lowest BCUT2D eigenvalue weighted by molar-refractivity contribution is 1.43. The first-order valence-corrected chi connectivity index (χ1v) is 6.48. The molecule has 0 heteroatoms. The summed E-state index contributed by atoms with van der Waals surface area (Å²) in [7, 11) is 0. The summed E-state index contributed by atoms with van der Waals surface area (Å²) < 4.78 is 0. The van der Waals surface area contributed by atoms with Gasteiger partial charge in [0.25, 0.3) is 0 Å². The standard InChI is InChI=1S/C19H15/c1-3-9-16(10-4-1)15-18-13-7-8-14-19(18)17-11-5-2-6-12-17/h1-15H. The average Bonchev–Trinajstić information content (AvgIpc) is 2.50. The van der Waals surface area contributed by atoms with Crippen LogP contribution < -0.4 is 0 Å². The molecule has 0 atom stereocenters. The Balaban J connectivity index is 1.99. The smallest absolute Gasteiger partial charge is 0.0205 e. The molecule has 0 N–H and O–H groups in total. The number of hydrogen-bond acceptors (Lipinski definition) is 0. The minimum Gasteiger partial charge on any atom is -0.0622 e. The molecular formula is C19H15. The Kier molecular flexibility index (Phi) is 3.42. The second-order valence-corrected chi connectivity index (χ2v) is 4.51. The van der Waals surface area contributed by atoms with Crippen LogP contribution >= 0.6 is 0 Å². The zero-order valence-electron chi connectivity index (χ0n) is 10.7. The Hall–Kier alpha value is -2.34. The summed E-state index contributed by atoms with van der Waals surface area (Å²) in [5.41, 5.74) is 5.00. The van der Waals surface area contributed by atoms with E-state index in [1.807, 2.05) is 12.1 Å². The van der Waals surface area contributed by atoms with Gasteiger partial charge in [0.05, 0.1) is 0 Å². The van der Waals surface area contributed by atoms with Crippen LogP contribution in [0.25, 0.3) is 11.1 Å². The predicted octanol–water partition coefficient (Wildman–Crippen LogP) is 4.95. The summed E-state index contributed by atoms with van der Waals surface area (Å²) >= 11 is 0. The first-order chi connectivity index (χ1) is 9.43. The Morgan fingerprint density at radius 3 is 1.84 bits per heavy atom. The highest BCUT2D eigenvalue weighted by molar-refractivity contribution is 5.69. The normalized spacial score (nSPS) is 10.3. The third-order valence-corrected chi connectivity index (χ3v) is 3.17. The number of benzene rings is 3. The summed E-state index contributed by atoms with van der Waals surface area (Å²) in [6, 6.07) is 29.4. The molecule has 0 unspecified atom stereocenters. The van der Waals surface area contributed by atoms with E-state index in [0.29, 0.717) is 0 Å². The maximum absolute atomic E-state index is 2.22. The summed E-state index contributed by atoms with van der Waals surface area (Å²) in [6.45, 7) is 0. The van der Waals surface area contributed by atoms with E-state index in [1.54, 1.807) is 0 Å². The molecule has 0 heterocycles. The fourth-order valence-corrected chi connectivity index (χ4v) is 2.23. The number of hydrogen-bond donors (Lipinski definition) is 0. The predicted molar refractivity (Wildman–Crippen MR) is 80.8 cm³/mol. The van der Waals surface area contributed by atoms with Crippen molar-refractivity contribution in [1.29, 1.82) is 0 Å². The molecule has 3 aromatic rings. The molecule has 0 saturated carbocycles. The van der Waals surface area contributed by atoms with Crippen LogP contribution in [0, 0.1) is 6.42 Å². The zero-order chi connectivity index (χ0) is 12.9. The molecule has 0 bridgehead atoms. The van der Waals surface area contributed by atoms with Crippen LogP contribution in [-0.4, -0.2) is 0 Å². The molecule has 0 aliphatic rings. The molecule has 1 radical (unpaired) electrons. The Morgan fingerprint density at radius 1 is 0.526 bits per heavy atom. The van der Waals surface area contributed by atoms with Gasteiger partial charge >= 0.3 is 0 Å². The van der Waals surface area contributed by atoms with Crippen LogP contribution in [0.3, 0.4) is 0 Å². The first kappa shape index (κ1) is 11.7. The lowest BCUT2D eigenvalue weighted by atomic mass is 9.95. The fourth-order valence-electron chi connectivity index (χ4n) is 2.23. The molecule has 0 saturated heterocycles. The largest absolute Gasteiger partial charge is 0.0622 e. The molecule has 91 valence electrons. The van der Waals surface area contributed by atoms with Crippen molar-refractivity contribution in [2.45, 2.75) is 0 Å². The first-order valence-electron chi connectivity index (χ1n) is 6.48. The van der Waals surface area contributed by atoms with Gasteiger partial charge in [-0.05, 0) is 22.3 Å². The molecular weight excluding hydrogens is 228 g/mol. The van der Waals surface area contributed by atoms with E-state index in [2.05, 4.69) is 79.2 Å². The Morgan fingerprint density at radius 2 is 1.11 bits per heavy atom. The van der Waals surface area contributed by atoms with Crippen molar-refractivity contribution in [2.24, 2.45) is 0 Å². The van der Waals surface area contributed by atoms with Gasteiger partial charge in [0.2, 0.25) is 0 Å². The highest BCUT2D eigenvalue weighted by Gasteiger charge is 2.04. The van der Waals surface area contributed by atoms with Gasteiger partial charge in [0.15, 0.2) is 0 Å². The monoisotopic (exact) mass is 243 g/mol. The summed E-state index contributed by atoms with van der Waals surface area (Å²) in [5.74, 6) is 0. The van der Waals surface area contributed by atoms with E-state index < -0.39 is 0 Å². The minimum atomic E-state index is 1.23. The summed E-state index contributed by atoms with van der Waals surface area (Å²) in [4.78, 5) is 0. The minimum absolute atomic E-state index is 1.23. The fraction of sp³-hybridized carbons (Fsp3) is 0. The molecule has 0 aliphatic heterocycles. The summed E-state index contributed by atoms with van der Waals surface area (Å²) in [6.07, 6.45) is 2.22. The summed E-state index contributed by atoms with van der Waals surface area (Å²) in [5, 5.41) is 0. The van der Waals surface area contributed by atoms with E-state index in [1.165, 1.54) is 22.3 Å². The van der Waals surface area contributed by atoms with Crippen molar-refractivity contribution >= 4 is 0 Å². The highest BCUT2D eigenvalue weighted by Crippen LogP contribution is 2.26. The lowest BCUT2D eigenvalue weighted by Gasteiger charge is -2.09. The van der Waals surface area contributed by atoms with Crippen molar-refractivity contribution in [1.82, 2.24) is 0 Å². The van der Waals surface area contributed by atoms with Gasteiger partial charge in [0.1, 0.15) is 0 Å². The molecule has 0 nitrogen and oxygen atoms in total. The molecule has 3 rings (SSSR count). The van der Waals surface area contributed by atoms with Gasteiger partial charge in [0, 0.05) is 6.42 Å². The van der Waals surface area contributed by atoms with E-state index in [-0.39, 0.29) is 0 Å². The molecule has 19 heavy (non-hydrogen) atoms. The Bertz CT molecular complexity index is 639. The van der Waals surface area contributed by atoms with Crippen LogP contribution in [0.15, 0.2) is 84.9 Å². The zero-order valence-corrected chi connectivity index (χ0v) is 10.7. The molecule has 0 aliphatic carbocycles. The van der Waals surface area contributed by atoms with Gasteiger partial charge in [-0.15, -0.1) is 0 Å². The van der Waals surface area contributed by atoms with Crippen molar-refractivity contribution in [3.8, 4) is 11.1 Å². The second kappa shape index (κ2) is 5.53. The van der Waals surface area contributed by atoms with Gasteiger partial charge in [-0.3, -0.25) is 0 Å². The molecule has 3 aromatic carbocycles. The topological polar surface area (TPSA) is 0 Å². The van der Waals surface area contributed by atoms with Crippen LogP contribution in [0.4, 0.5) is 0 Å².